The number of nitrogens with zero attached hydrogens (tertiary/aromatic N) is 3. The lowest BCUT2D eigenvalue weighted by atomic mass is 10.0. The smallest absolute Gasteiger partial charge is 0.228 e. The first-order chi connectivity index (χ1) is 15.8. The number of benzene rings is 3. The van der Waals surface area contributed by atoms with Crippen LogP contribution in [-0.2, 0) is 6.18 Å². The largest absolute Gasteiger partial charge is 0.433 e. The van der Waals surface area contributed by atoms with Crippen molar-refractivity contribution >= 4 is 33.2 Å². The van der Waals surface area contributed by atoms with Crippen molar-refractivity contribution in [2.45, 2.75) is 6.18 Å². The monoisotopic (exact) mass is 527 g/mol. The van der Waals surface area contributed by atoms with Crippen molar-refractivity contribution in [3.63, 3.8) is 0 Å². The molecule has 3 aromatic carbocycles. The standard InChI is InChI=1S/C25H14BrClF3N3/c26-18-10-6-15(7-11-18)20-14-21(25(28,29)30)33-24(31-20)22(16-8-12-19(27)13-9-16)23(32-33)17-4-2-1-3-5-17/h1-14H. The minimum Gasteiger partial charge on any atom is -0.228 e. The molecule has 5 aromatic rings. The van der Waals surface area contributed by atoms with E-state index < -0.39 is 11.9 Å². The minimum absolute atomic E-state index is 0.115. The predicted octanol–water partition coefficient (Wildman–Crippen LogP) is 8.17. The average molecular weight is 529 g/mol. The van der Waals surface area contributed by atoms with E-state index in [9.17, 15) is 13.2 Å². The molecule has 0 aliphatic carbocycles. The fraction of sp³-hybridized carbons (Fsp3) is 0.0400. The molecule has 164 valence electrons. The zero-order valence-corrected chi connectivity index (χ0v) is 19.2. The summed E-state index contributed by atoms with van der Waals surface area (Å²) in [5.74, 6) is 0. The highest BCUT2D eigenvalue weighted by Gasteiger charge is 2.36. The maximum absolute atomic E-state index is 14.2. The van der Waals surface area contributed by atoms with E-state index in [0.29, 0.717) is 33.0 Å². The molecule has 0 atom stereocenters. The first kappa shape index (κ1) is 21.7. The van der Waals surface area contributed by atoms with Crippen LogP contribution in [0.5, 0.6) is 0 Å². The third-order valence-electron chi connectivity index (χ3n) is 5.20. The summed E-state index contributed by atoms with van der Waals surface area (Å²) in [5.41, 5.74) is 2.25. The van der Waals surface area contributed by atoms with E-state index >= 15 is 0 Å². The van der Waals surface area contributed by atoms with Crippen LogP contribution in [0.2, 0.25) is 5.02 Å². The van der Waals surface area contributed by atoms with Gasteiger partial charge < -0.3 is 0 Å². The number of hydrogen-bond donors (Lipinski definition) is 0. The Labute approximate surface area is 200 Å². The van der Waals surface area contributed by atoms with Crippen LogP contribution in [0.4, 0.5) is 13.2 Å². The lowest BCUT2D eigenvalue weighted by Crippen LogP contribution is -2.13. The Kier molecular flexibility index (Phi) is 5.46. The topological polar surface area (TPSA) is 30.2 Å². The lowest BCUT2D eigenvalue weighted by Gasteiger charge is -2.12. The van der Waals surface area contributed by atoms with Gasteiger partial charge in [0.1, 0.15) is 5.69 Å². The Balaban J connectivity index is 1.89. The van der Waals surface area contributed by atoms with Gasteiger partial charge in [-0.25, -0.2) is 9.50 Å². The Hall–Kier alpha value is -3.16. The van der Waals surface area contributed by atoms with Gasteiger partial charge in [-0.2, -0.15) is 18.3 Å². The zero-order valence-electron chi connectivity index (χ0n) is 16.8. The highest BCUT2D eigenvalue weighted by atomic mass is 79.9. The third kappa shape index (κ3) is 4.14. The van der Waals surface area contributed by atoms with Crippen molar-refractivity contribution in [3.05, 3.63) is 100 Å². The Morgan fingerprint density at radius 1 is 0.788 bits per heavy atom. The SMILES string of the molecule is FC(F)(F)c1cc(-c2ccc(Br)cc2)nc2c(-c3ccc(Cl)cc3)c(-c3ccccc3)nn12. The molecule has 0 saturated carbocycles. The van der Waals surface area contributed by atoms with Crippen molar-refractivity contribution in [2.24, 2.45) is 0 Å². The molecule has 0 aliphatic heterocycles. The van der Waals surface area contributed by atoms with E-state index in [1.54, 1.807) is 48.5 Å². The molecule has 0 spiro atoms. The zero-order chi connectivity index (χ0) is 23.2. The molecule has 8 heteroatoms. The predicted molar refractivity (Wildman–Crippen MR) is 127 cm³/mol. The summed E-state index contributed by atoms with van der Waals surface area (Å²) >= 11 is 9.42. The molecule has 2 aromatic heterocycles. The van der Waals surface area contributed by atoms with Crippen molar-refractivity contribution in [2.75, 3.05) is 0 Å². The van der Waals surface area contributed by atoms with Gasteiger partial charge in [0.05, 0.1) is 11.3 Å². The van der Waals surface area contributed by atoms with Crippen LogP contribution in [0.1, 0.15) is 5.69 Å². The molecule has 0 aliphatic rings. The van der Waals surface area contributed by atoms with Crippen LogP contribution in [-0.4, -0.2) is 14.6 Å². The first-order valence-electron chi connectivity index (χ1n) is 9.89. The molecule has 0 fully saturated rings. The van der Waals surface area contributed by atoms with Crippen LogP contribution in [0.3, 0.4) is 0 Å². The van der Waals surface area contributed by atoms with E-state index in [2.05, 4.69) is 26.0 Å². The van der Waals surface area contributed by atoms with Crippen molar-refractivity contribution < 1.29 is 13.2 Å². The Bertz CT molecular complexity index is 1450. The summed E-state index contributed by atoms with van der Waals surface area (Å²) in [4.78, 5) is 4.65. The summed E-state index contributed by atoms with van der Waals surface area (Å²) in [6.07, 6.45) is -4.64. The number of fused-ring (bicyclic) bond motifs is 1. The maximum atomic E-state index is 14.2. The number of aromatic nitrogens is 3. The molecule has 0 radical (unpaired) electrons. The lowest BCUT2D eigenvalue weighted by molar-refractivity contribution is -0.142. The summed E-state index contributed by atoms with van der Waals surface area (Å²) in [6, 6.07) is 24.0. The second-order valence-corrected chi connectivity index (χ2v) is 8.72. The van der Waals surface area contributed by atoms with Crippen molar-refractivity contribution in [3.8, 4) is 33.6 Å². The average Bonchev–Trinajstić information content (AvgIpc) is 3.19. The molecule has 2 heterocycles. The summed E-state index contributed by atoms with van der Waals surface area (Å²) in [7, 11) is 0. The fourth-order valence-electron chi connectivity index (χ4n) is 3.67. The maximum Gasteiger partial charge on any atom is 0.433 e. The molecule has 33 heavy (non-hydrogen) atoms. The third-order valence-corrected chi connectivity index (χ3v) is 5.98. The number of rotatable bonds is 3. The minimum atomic E-state index is -4.64. The molecule has 0 saturated heterocycles. The van der Waals surface area contributed by atoms with Gasteiger partial charge in [0, 0.05) is 20.6 Å². The summed E-state index contributed by atoms with van der Waals surface area (Å²) in [5, 5.41) is 4.91. The molecular weight excluding hydrogens is 515 g/mol. The number of halogens is 5. The first-order valence-corrected chi connectivity index (χ1v) is 11.1. The molecule has 0 bridgehead atoms. The summed E-state index contributed by atoms with van der Waals surface area (Å²) < 4.78 is 44.2. The molecule has 3 nitrogen and oxygen atoms in total. The van der Waals surface area contributed by atoms with Crippen LogP contribution in [0.25, 0.3) is 39.3 Å². The fourth-order valence-corrected chi connectivity index (χ4v) is 4.06. The molecule has 5 rings (SSSR count). The van der Waals surface area contributed by atoms with Gasteiger partial charge in [0.25, 0.3) is 0 Å². The van der Waals surface area contributed by atoms with E-state index in [-0.39, 0.29) is 11.3 Å². The normalized spacial score (nSPS) is 11.8. The van der Waals surface area contributed by atoms with E-state index in [1.807, 2.05) is 30.3 Å². The molecule has 0 N–H and O–H groups in total. The van der Waals surface area contributed by atoms with E-state index in [0.717, 1.165) is 15.1 Å². The van der Waals surface area contributed by atoms with Gasteiger partial charge in [-0.3, -0.25) is 0 Å². The number of hydrogen-bond acceptors (Lipinski definition) is 2. The van der Waals surface area contributed by atoms with Gasteiger partial charge in [0.15, 0.2) is 11.3 Å². The van der Waals surface area contributed by atoms with Crippen LogP contribution in [0.15, 0.2) is 89.4 Å². The second-order valence-electron chi connectivity index (χ2n) is 7.36. The van der Waals surface area contributed by atoms with Gasteiger partial charge in [-0.15, -0.1) is 0 Å². The quantitative estimate of drug-likeness (QED) is 0.236. The van der Waals surface area contributed by atoms with Crippen molar-refractivity contribution in [1.29, 1.82) is 0 Å². The van der Waals surface area contributed by atoms with E-state index in [1.165, 1.54) is 0 Å². The van der Waals surface area contributed by atoms with Gasteiger partial charge >= 0.3 is 6.18 Å². The van der Waals surface area contributed by atoms with Crippen LogP contribution >= 0.6 is 27.5 Å². The highest BCUT2D eigenvalue weighted by Crippen LogP contribution is 2.39. The molecule has 0 unspecified atom stereocenters. The van der Waals surface area contributed by atoms with Gasteiger partial charge in [-0.05, 0) is 35.9 Å². The van der Waals surface area contributed by atoms with E-state index in [4.69, 9.17) is 11.6 Å². The van der Waals surface area contributed by atoms with Gasteiger partial charge in [-0.1, -0.05) is 82.1 Å². The Morgan fingerprint density at radius 3 is 2.06 bits per heavy atom. The van der Waals surface area contributed by atoms with Crippen LogP contribution < -0.4 is 0 Å². The molecule has 0 amide bonds. The number of alkyl halides is 3. The van der Waals surface area contributed by atoms with Crippen LogP contribution in [0, 0.1) is 0 Å². The second kappa shape index (κ2) is 8.32. The molecular formula is C25H14BrClF3N3. The van der Waals surface area contributed by atoms with Gasteiger partial charge in [0.2, 0.25) is 0 Å². The highest BCUT2D eigenvalue weighted by molar-refractivity contribution is 9.10. The Morgan fingerprint density at radius 2 is 1.42 bits per heavy atom. The summed E-state index contributed by atoms with van der Waals surface area (Å²) in [6.45, 7) is 0. The van der Waals surface area contributed by atoms with Crippen molar-refractivity contribution in [1.82, 2.24) is 14.6 Å².